The number of aryl methyl sites for hydroxylation is 2. The highest BCUT2D eigenvalue weighted by Gasteiger charge is 2.26. The molecule has 3 aromatic rings. The van der Waals surface area contributed by atoms with E-state index in [9.17, 15) is 4.79 Å². The lowest BCUT2D eigenvalue weighted by atomic mass is 10.0. The van der Waals surface area contributed by atoms with E-state index < -0.39 is 0 Å². The highest BCUT2D eigenvalue weighted by Crippen LogP contribution is 2.26. The van der Waals surface area contributed by atoms with Gasteiger partial charge in [0, 0.05) is 37.9 Å². The Labute approximate surface area is 178 Å². The van der Waals surface area contributed by atoms with Gasteiger partial charge in [-0.05, 0) is 43.1 Å². The topological polar surface area (TPSA) is 41.4 Å². The molecule has 156 valence electrons. The number of amides is 1. The van der Waals surface area contributed by atoms with Gasteiger partial charge in [0.15, 0.2) is 0 Å². The van der Waals surface area contributed by atoms with Crippen molar-refractivity contribution in [3.8, 4) is 11.3 Å². The minimum Gasteiger partial charge on any atom is -0.336 e. The monoisotopic (exact) mass is 402 g/mol. The number of carbonyl (C=O) groups excluding carboxylic acids is 1. The fourth-order valence-electron chi connectivity index (χ4n) is 3.97. The number of likely N-dealkylation sites (N-methyl/N-ethyl adjacent to an activating group) is 1. The first-order valence-corrected chi connectivity index (χ1v) is 10.8. The molecule has 0 spiro atoms. The SMILES string of the molecule is CCN1CCN(C(=O)c2cn(Cc3ccccc3)nc2-c2ccc(C)c(C)c2)CC1. The molecule has 1 aliphatic rings. The van der Waals surface area contributed by atoms with Crippen LogP contribution in [-0.2, 0) is 6.54 Å². The van der Waals surface area contributed by atoms with Gasteiger partial charge < -0.3 is 9.80 Å². The third kappa shape index (κ3) is 4.31. The molecule has 1 amide bonds. The van der Waals surface area contributed by atoms with E-state index in [-0.39, 0.29) is 5.91 Å². The Bertz CT molecular complexity index is 1020. The lowest BCUT2D eigenvalue weighted by Gasteiger charge is -2.34. The lowest BCUT2D eigenvalue weighted by Crippen LogP contribution is -2.48. The van der Waals surface area contributed by atoms with Crippen molar-refractivity contribution in [2.45, 2.75) is 27.3 Å². The van der Waals surface area contributed by atoms with Gasteiger partial charge in [-0.15, -0.1) is 0 Å². The van der Waals surface area contributed by atoms with Crippen LogP contribution >= 0.6 is 0 Å². The van der Waals surface area contributed by atoms with Crippen molar-refractivity contribution in [1.82, 2.24) is 19.6 Å². The highest BCUT2D eigenvalue weighted by atomic mass is 16.2. The lowest BCUT2D eigenvalue weighted by molar-refractivity contribution is 0.0644. The van der Waals surface area contributed by atoms with Gasteiger partial charge in [0.1, 0.15) is 5.69 Å². The summed E-state index contributed by atoms with van der Waals surface area (Å²) in [5, 5.41) is 4.85. The summed E-state index contributed by atoms with van der Waals surface area (Å²) in [7, 11) is 0. The van der Waals surface area contributed by atoms with Crippen LogP contribution in [0, 0.1) is 13.8 Å². The van der Waals surface area contributed by atoms with Crippen molar-refractivity contribution < 1.29 is 4.79 Å². The first-order valence-electron chi connectivity index (χ1n) is 10.8. The van der Waals surface area contributed by atoms with Gasteiger partial charge in [-0.3, -0.25) is 9.48 Å². The van der Waals surface area contributed by atoms with Gasteiger partial charge >= 0.3 is 0 Å². The van der Waals surface area contributed by atoms with Crippen LogP contribution in [0.15, 0.2) is 54.7 Å². The molecule has 0 unspecified atom stereocenters. The maximum absolute atomic E-state index is 13.5. The Balaban J connectivity index is 1.68. The van der Waals surface area contributed by atoms with E-state index in [2.05, 4.69) is 56.0 Å². The zero-order chi connectivity index (χ0) is 21.1. The van der Waals surface area contributed by atoms with Gasteiger partial charge in [-0.25, -0.2) is 0 Å². The van der Waals surface area contributed by atoms with Crippen molar-refractivity contribution in [2.24, 2.45) is 0 Å². The minimum atomic E-state index is 0.0818. The smallest absolute Gasteiger partial charge is 0.257 e. The summed E-state index contributed by atoms with van der Waals surface area (Å²) in [4.78, 5) is 17.8. The third-order valence-corrected chi connectivity index (χ3v) is 6.07. The average molecular weight is 403 g/mol. The Kier molecular flexibility index (Phi) is 6.00. The number of benzene rings is 2. The molecule has 0 atom stereocenters. The molecular weight excluding hydrogens is 372 g/mol. The van der Waals surface area contributed by atoms with Crippen LogP contribution < -0.4 is 0 Å². The molecule has 0 saturated carbocycles. The molecule has 0 aliphatic carbocycles. The van der Waals surface area contributed by atoms with Gasteiger partial charge in [0.2, 0.25) is 0 Å². The van der Waals surface area contributed by atoms with Crippen molar-refractivity contribution in [2.75, 3.05) is 32.7 Å². The normalized spacial score (nSPS) is 14.8. The molecule has 4 rings (SSSR count). The summed E-state index contributed by atoms with van der Waals surface area (Å²) in [6.45, 7) is 11.5. The van der Waals surface area contributed by atoms with Crippen LogP contribution in [0.4, 0.5) is 0 Å². The molecule has 2 heterocycles. The molecule has 1 fully saturated rings. The maximum atomic E-state index is 13.5. The number of hydrogen-bond acceptors (Lipinski definition) is 3. The van der Waals surface area contributed by atoms with Crippen LogP contribution in [0.25, 0.3) is 11.3 Å². The number of piperazine rings is 1. The first kappa shape index (κ1) is 20.4. The molecule has 1 aromatic heterocycles. The van der Waals surface area contributed by atoms with Crippen LogP contribution in [0.5, 0.6) is 0 Å². The summed E-state index contributed by atoms with van der Waals surface area (Å²) in [5.41, 5.74) is 6.09. The summed E-state index contributed by atoms with van der Waals surface area (Å²) in [5.74, 6) is 0.0818. The van der Waals surface area contributed by atoms with Crippen molar-refractivity contribution in [3.05, 3.63) is 77.0 Å². The highest BCUT2D eigenvalue weighted by molar-refractivity contribution is 6.00. The van der Waals surface area contributed by atoms with E-state index >= 15 is 0 Å². The Morgan fingerprint density at radius 2 is 1.70 bits per heavy atom. The van der Waals surface area contributed by atoms with Gasteiger partial charge in [-0.1, -0.05) is 49.4 Å². The average Bonchev–Trinajstić information content (AvgIpc) is 3.19. The van der Waals surface area contributed by atoms with Crippen LogP contribution in [0.2, 0.25) is 0 Å². The molecule has 1 saturated heterocycles. The van der Waals surface area contributed by atoms with E-state index in [0.29, 0.717) is 12.1 Å². The fourth-order valence-corrected chi connectivity index (χ4v) is 3.97. The van der Waals surface area contributed by atoms with Gasteiger partial charge in [0.25, 0.3) is 5.91 Å². The predicted octanol–water partition coefficient (Wildman–Crippen LogP) is 3.99. The summed E-state index contributed by atoms with van der Waals surface area (Å²) in [6, 6.07) is 16.6. The van der Waals surface area contributed by atoms with E-state index in [1.165, 1.54) is 16.7 Å². The second-order valence-electron chi connectivity index (χ2n) is 8.10. The maximum Gasteiger partial charge on any atom is 0.257 e. The first-order chi connectivity index (χ1) is 14.5. The van der Waals surface area contributed by atoms with E-state index in [4.69, 9.17) is 5.10 Å². The summed E-state index contributed by atoms with van der Waals surface area (Å²) < 4.78 is 1.90. The van der Waals surface area contributed by atoms with Gasteiger partial charge in [0.05, 0.1) is 12.1 Å². The number of rotatable bonds is 5. The summed E-state index contributed by atoms with van der Waals surface area (Å²) >= 11 is 0. The van der Waals surface area contributed by atoms with Crippen LogP contribution in [0.3, 0.4) is 0 Å². The molecule has 0 N–H and O–H groups in total. The Morgan fingerprint density at radius 3 is 2.37 bits per heavy atom. The number of hydrogen-bond donors (Lipinski definition) is 0. The largest absolute Gasteiger partial charge is 0.336 e. The molecule has 1 aliphatic heterocycles. The third-order valence-electron chi connectivity index (χ3n) is 6.07. The van der Waals surface area contributed by atoms with E-state index in [0.717, 1.165) is 44.0 Å². The predicted molar refractivity (Wildman–Crippen MR) is 121 cm³/mol. The van der Waals surface area contributed by atoms with E-state index in [1.807, 2.05) is 34.0 Å². The number of aromatic nitrogens is 2. The van der Waals surface area contributed by atoms with Crippen LogP contribution in [-0.4, -0.2) is 58.2 Å². The Morgan fingerprint density at radius 1 is 0.967 bits per heavy atom. The van der Waals surface area contributed by atoms with Gasteiger partial charge in [-0.2, -0.15) is 5.10 Å². The standard InChI is InChI=1S/C25H30N4O/c1-4-27-12-14-28(15-13-27)25(30)23-18-29(17-21-8-6-5-7-9-21)26-24(23)22-11-10-19(2)20(3)16-22/h5-11,16,18H,4,12-15,17H2,1-3H3. The minimum absolute atomic E-state index is 0.0818. The van der Waals surface area contributed by atoms with Crippen molar-refractivity contribution in [1.29, 1.82) is 0 Å². The molecule has 0 bridgehead atoms. The van der Waals surface area contributed by atoms with E-state index in [1.54, 1.807) is 0 Å². The fraction of sp³-hybridized carbons (Fsp3) is 0.360. The van der Waals surface area contributed by atoms with Crippen molar-refractivity contribution in [3.63, 3.8) is 0 Å². The second kappa shape index (κ2) is 8.84. The molecule has 30 heavy (non-hydrogen) atoms. The van der Waals surface area contributed by atoms with Crippen LogP contribution in [0.1, 0.15) is 34.0 Å². The molecule has 5 heteroatoms. The second-order valence-corrected chi connectivity index (χ2v) is 8.10. The quantitative estimate of drug-likeness (QED) is 0.648. The molecular formula is C25H30N4O. The zero-order valence-electron chi connectivity index (χ0n) is 18.1. The number of carbonyl (C=O) groups is 1. The van der Waals surface area contributed by atoms with Crippen molar-refractivity contribution >= 4 is 5.91 Å². The molecule has 5 nitrogen and oxygen atoms in total. The molecule has 2 aromatic carbocycles. The Hall–Kier alpha value is -2.92. The molecule has 0 radical (unpaired) electrons. The zero-order valence-corrected chi connectivity index (χ0v) is 18.1. The summed E-state index contributed by atoms with van der Waals surface area (Å²) in [6.07, 6.45) is 1.92. The number of nitrogens with zero attached hydrogens (tertiary/aromatic N) is 4.